The standard InChI is InChI=1S/C12H9BrO2S/c13-8-1-3-9(4-2-8)16-10-5-6-11(14)12(15)7-10/h1-7,14-15H. The molecule has 2 rings (SSSR count). The summed E-state index contributed by atoms with van der Waals surface area (Å²) in [6, 6.07) is 12.7. The fraction of sp³-hybridized carbons (Fsp3) is 0. The van der Waals surface area contributed by atoms with Crippen molar-refractivity contribution in [1.29, 1.82) is 0 Å². The Morgan fingerprint density at radius 3 is 2.06 bits per heavy atom. The van der Waals surface area contributed by atoms with Crippen molar-refractivity contribution in [1.82, 2.24) is 0 Å². The lowest BCUT2D eigenvalue weighted by Gasteiger charge is -2.03. The summed E-state index contributed by atoms with van der Waals surface area (Å²) in [6.45, 7) is 0. The molecule has 0 unspecified atom stereocenters. The minimum Gasteiger partial charge on any atom is -0.504 e. The molecule has 2 nitrogen and oxygen atoms in total. The highest BCUT2D eigenvalue weighted by Gasteiger charge is 2.02. The third-order valence-corrected chi connectivity index (χ3v) is 3.52. The van der Waals surface area contributed by atoms with Gasteiger partial charge in [0.25, 0.3) is 0 Å². The summed E-state index contributed by atoms with van der Waals surface area (Å²) in [6.07, 6.45) is 0. The maximum Gasteiger partial charge on any atom is 0.158 e. The van der Waals surface area contributed by atoms with Gasteiger partial charge < -0.3 is 10.2 Å². The zero-order valence-corrected chi connectivity index (χ0v) is 10.6. The second kappa shape index (κ2) is 4.80. The Balaban J connectivity index is 2.20. The zero-order valence-electron chi connectivity index (χ0n) is 8.22. The number of hydrogen-bond acceptors (Lipinski definition) is 3. The fourth-order valence-electron chi connectivity index (χ4n) is 1.21. The third-order valence-electron chi connectivity index (χ3n) is 2.00. The summed E-state index contributed by atoms with van der Waals surface area (Å²) >= 11 is 4.90. The molecule has 0 aromatic heterocycles. The lowest BCUT2D eigenvalue weighted by Crippen LogP contribution is -1.74. The van der Waals surface area contributed by atoms with Crippen molar-refractivity contribution >= 4 is 27.7 Å². The van der Waals surface area contributed by atoms with Gasteiger partial charge in [-0.3, -0.25) is 0 Å². The van der Waals surface area contributed by atoms with Crippen LogP contribution < -0.4 is 0 Å². The van der Waals surface area contributed by atoms with Crippen LogP contribution in [0.2, 0.25) is 0 Å². The Hall–Kier alpha value is -1.13. The summed E-state index contributed by atoms with van der Waals surface area (Å²) in [5.74, 6) is -0.192. The minimum atomic E-state index is -0.0971. The Morgan fingerprint density at radius 2 is 1.44 bits per heavy atom. The number of aromatic hydroxyl groups is 2. The highest BCUT2D eigenvalue weighted by atomic mass is 79.9. The van der Waals surface area contributed by atoms with Crippen molar-refractivity contribution in [2.24, 2.45) is 0 Å². The molecule has 2 N–H and O–H groups in total. The molecule has 16 heavy (non-hydrogen) atoms. The molecule has 0 radical (unpaired) electrons. The normalized spacial score (nSPS) is 10.3. The Bertz CT molecular complexity index is 497. The number of halogens is 1. The maximum absolute atomic E-state index is 9.35. The molecule has 0 heterocycles. The minimum absolute atomic E-state index is 0.0953. The molecule has 0 saturated heterocycles. The van der Waals surface area contributed by atoms with E-state index in [0.717, 1.165) is 14.3 Å². The van der Waals surface area contributed by atoms with E-state index in [1.807, 2.05) is 24.3 Å². The van der Waals surface area contributed by atoms with E-state index in [0.29, 0.717) is 0 Å². The van der Waals surface area contributed by atoms with Gasteiger partial charge in [-0.1, -0.05) is 27.7 Å². The lowest BCUT2D eigenvalue weighted by atomic mass is 10.3. The van der Waals surface area contributed by atoms with Crippen LogP contribution in [0.1, 0.15) is 0 Å². The Kier molecular flexibility index (Phi) is 3.41. The number of phenolic OH excluding ortho intramolecular Hbond substituents is 2. The van der Waals surface area contributed by atoms with Gasteiger partial charge in [0.2, 0.25) is 0 Å². The van der Waals surface area contributed by atoms with E-state index < -0.39 is 0 Å². The number of phenols is 2. The van der Waals surface area contributed by atoms with Crippen molar-refractivity contribution < 1.29 is 10.2 Å². The van der Waals surface area contributed by atoms with Crippen LogP contribution in [0, 0.1) is 0 Å². The number of rotatable bonds is 2. The van der Waals surface area contributed by atoms with Crippen LogP contribution in [0.5, 0.6) is 11.5 Å². The van der Waals surface area contributed by atoms with Gasteiger partial charge in [-0.2, -0.15) is 0 Å². The van der Waals surface area contributed by atoms with Crippen LogP contribution in [0.15, 0.2) is 56.7 Å². The quantitative estimate of drug-likeness (QED) is 0.823. The van der Waals surface area contributed by atoms with Gasteiger partial charge >= 0.3 is 0 Å². The predicted octanol–water partition coefficient (Wildman–Crippen LogP) is 4.01. The van der Waals surface area contributed by atoms with E-state index in [-0.39, 0.29) is 11.5 Å². The van der Waals surface area contributed by atoms with Crippen LogP contribution in [0.4, 0.5) is 0 Å². The second-order valence-electron chi connectivity index (χ2n) is 3.21. The molecule has 0 atom stereocenters. The predicted molar refractivity (Wildman–Crippen MR) is 68.0 cm³/mol. The largest absolute Gasteiger partial charge is 0.504 e. The van der Waals surface area contributed by atoms with Gasteiger partial charge in [-0.05, 0) is 42.5 Å². The van der Waals surface area contributed by atoms with Gasteiger partial charge in [0, 0.05) is 14.3 Å². The number of benzene rings is 2. The average Bonchev–Trinajstić information content (AvgIpc) is 2.27. The second-order valence-corrected chi connectivity index (χ2v) is 5.27. The molecular weight excluding hydrogens is 288 g/mol. The van der Waals surface area contributed by atoms with E-state index in [1.165, 1.54) is 17.8 Å². The lowest BCUT2D eigenvalue weighted by molar-refractivity contribution is 0.402. The van der Waals surface area contributed by atoms with E-state index >= 15 is 0 Å². The third kappa shape index (κ3) is 2.71. The van der Waals surface area contributed by atoms with E-state index in [1.54, 1.807) is 12.1 Å². The first-order chi connectivity index (χ1) is 7.65. The van der Waals surface area contributed by atoms with E-state index in [9.17, 15) is 10.2 Å². The Labute approximate surface area is 106 Å². The molecule has 82 valence electrons. The monoisotopic (exact) mass is 296 g/mol. The molecule has 0 amide bonds. The highest BCUT2D eigenvalue weighted by molar-refractivity contribution is 9.10. The van der Waals surface area contributed by atoms with Crippen molar-refractivity contribution in [3.63, 3.8) is 0 Å². The fourth-order valence-corrected chi connectivity index (χ4v) is 2.32. The molecule has 0 fully saturated rings. The first-order valence-corrected chi connectivity index (χ1v) is 6.21. The van der Waals surface area contributed by atoms with Crippen molar-refractivity contribution in [3.8, 4) is 11.5 Å². The smallest absolute Gasteiger partial charge is 0.158 e. The first kappa shape index (κ1) is 11.4. The van der Waals surface area contributed by atoms with E-state index in [2.05, 4.69) is 15.9 Å². The van der Waals surface area contributed by atoms with Gasteiger partial charge in [0.15, 0.2) is 11.5 Å². The van der Waals surface area contributed by atoms with Gasteiger partial charge in [0.05, 0.1) is 0 Å². The summed E-state index contributed by atoms with van der Waals surface area (Å²) < 4.78 is 1.03. The SMILES string of the molecule is Oc1ccc(Sc2ccc(Br)cc2)cc1O. The first-order valence-electron chi connectivity index (χ1n) is 4.60. The van der Waals surface area contributed by atoms with Crippen LogP contribution >= 0.6 is 27.7 Å². The molecular formula is C12H9BrO2S. The van der Waals surface area contributed by atoms with Crippen LogP contribution in [-0.2, 0) is 0 Å². The molecule has 2 aromatic rings. The number of hydrogen-bond donors (Lipinski definition) is 2. The topological polar surface area (TPSA) is 40.5 Å². The van der Waals surface area contributed by atoms with Gasteiger partial charge in [-0.15, -0.1) is 0 Å². The molecule has 0 aliphatic heterocycles. The zero-order chi connectivity index (χ0) is 11.5. The van der Waals surface area contributed by atoms with E-state index in [4.69, 9.17) is 0 Å². The molecule has 2 aromatic carbocycles. The summed E-state index contributed by atoms with van der Waals surface area (Å²) in [5.41, 5.74) is 0. The molecule has 0 spiro atoms. The van der Waals surface area contributed by atoms with Crippen molar-refractivity contribution in [2.45, 2.75) is 9.79 Å². The van der Waals surface area contributed by atoms with Gasteiger partial charge in [0.1, 0.15) is 0 Å². The molecule has 4 heteroatoms. The molecule has 0 saturated carbocycles. The van der Waals surface area contributed by atoms with Crippen LogP contribution in [0.3, 0.4) is 0 Å². The van der Waals surface area contributed by atoms with Crippen molar-refractivity contribution in [2.75, 3.05) is 0 Å². The average molecular weight is 297 g/mol. The Morgan fingerprint density at radius 1 is 0.812 bits per heavy atom. The highest BCUT2D eigenvalue weighted by Crippen LogP contribution is 2.34. The van der Waals surface area contributed by atoms with Crippen LogP contribution in [0.25, 0.3) is 0 Å². The van der Waals surface area contributed by atoms with Gasteiger partial charge in [-0.25, -0.2) is 0 Å². The maximum atomic E-state index is 9.35. The molecule has 0 aliphatic carbocycles. The van der Waals surface area contributed by atoms with Crippen molar-refractivity contribution in [3.05, 3.63) is 46.9 Å². The summed E-state index contributed by atoms with van der Waals surface area (Å²) in [7, 11) is 0. The molecule has 0 aliphatic rings. The summed E-state index contributed by atoms with van der Waals surface area (Å²) in [5, 5.41) is 18.5. The molecule has 0 bridgehead atoms. The summed E-state index contributed by atoms with van der Waals surface area (Å²) in [4.78, 5) is 1.96. The van der Waals surface area contributed by atoms with Crippen LogP contribution in [-0.4, -0.2) is 10.2 Å².